The molecule has 0 spiro atoms. The lowest BCUT2D eigenvalue weighted by atomic mass is 9.94. The van der Waals surface area contributed by atoms with E-state index in [2.05, 4.69) is 11.8 Å². The van der Waals surface area contributed by atoms with Crippen LogP contribution in [0.4, 0.5) is 0 Å². The van der Waals surface area contributed by atoms with Crippen molar-refractivity contribution >= 4 is 22.7 Å². The normalized spacial score (nSPS) is 12.4. The molecular weight excluding hydrogens is 316 g/mol. The van der Waals surface area contributed by atoms with Crippen LogP contribution in [0.5, 0.6) is 5.75 Å². The van der Waals surface area contributed by atoms with Crippen LogP contribution in [0.3, 0.4) is 0 Å². The summed E-state index contributed by atoms with van der Waals surface area (Å²) in [6.45, 7) is 0. The second-order valence-electron chi connectivity index (χ2n) is 5.54. The molecule has 0 bridgehead atoms. The maximum Gasteiger partial charge on any atom is 0.346 e. The molecule has 4 nitrogen and oxygen atoms in total. The molecule has 4 heteroatoms. The molecule has 0 fully saturated rings. The monoisotopic (exact) mass is 328 g/mol. The maximum atomic E-state index is 11.9. The molecule has 0 atom stereocenters. The van der Waals surface area contributed by atoms with Gasteiger partial charge in [-0.15, -0.1) is 0 Å². The van der Waals surface area contributed by atoms with Crippen LogP contribution in [0.1, 0.15) is 31.8 Å². The molecule has 1 aliphatic heterocycles. The molecule has 3 aromatic carbocycles. The van der Waals surface area contributed by atoms with Gasteiger partial charge in [-0.1, -0.05) is 24.0 Å². The largest absolute Gasteiger partial charge is 0.497 e. The van der Waals surface area contributed by atoms with Gasteiger partial charge in [0.25, 0.3) is 0 Å². The quantitative estimate of drug-likeness (QED) is 0.389. The Morgan fingerprint density at radius 1 is 0.840 bits per heavy atom. The summed E-state index contributed by atoms with van der Waals surface area (Å²) >= 11 is 0. The lowest BCUT2D eigenvalue weighted by Gasteiger charge is -2.15. The fraction of sp³-hybridized carbons (Fsp3) is 0.0476. The highest BCUT2D eigenvalue weighted by atomic mass is 16.6. The van der Waals surface area contributed by atoms with Crippen LogP contribution in [0, 0.1) is 11.8 Å². The highest BCUT2D eigenvalue weighted by Gasteiger charge is 2.27. The molecule has 1 aliphatic rings. The third-order valence-corrected chi connectivity index (χ3v) is 4.10. The average Bonchev–Trinajstić information content (AvgIpc) is 2.65. The van der Waals surface area contributed by atoms with Crippen LogP contribution < -0.4 is 4.74 Å². The fourth-order valence-electron chi connectivity index (χ4n) is 2.86. The number of methoxy groups -OCH3 is 1. The molecule has 25 heavy (non-hydrogen) atoms. The second-order valence-corrected chi connectivity index (χ2v) is 5.54. The van der Waals surface area contributed by atoms with Crippen LogP contribution in [0.15, 0.2) is 54.6 Å². The molecule has 4 rings (SSSR count). The smallest absolute Gasteiger partial charge is 0.346 e. The van der Waals surface area contributed by atoms with Gasteiger partial charge >= 0.3 is 11.9 Å². The first-order valence-corrected chi connectivity index (χ1v) is 7.65. The summed E-state index contributed by atoms with van der Waals surface area (Å²) in [4.78, 5) is 23.9. The van der Waals surface area contributed by atoms with Crippen LogP contribution in [0.2, 0.25) is 0 Å². The summed E-state index contributed by atoms with van der Waals surface area (Å²) in [5.74, 6) is 5.74. The van der Waals surface area contributed by atoms with E-state index in [0.29, 0.717) is 16.5 Å². The van der Waals surface area contributed by atoms with Crippen molar-refractivity contribution in [3.63, 3.8) is 0 Å². The van der Waals surface area contributed by atoms with Crippen molar-refractivity contribution in [2.75, 3.05) is 7.11 Å². The predicted octanol–water partition coefficient (Wildman–Crippen LogP) is 3.56. The predicted molar refractivity (Wildman–Crippen MR) is 92.7 cm³/mol. The van der Waals surface area contributed by atoms with Crippen molar-refractivity contribution < 1.29 is 19.1 Å². The van der Waals surface area contributed by atoms with Gasteiger partial charge in [0.15, 0.2) is 0 Å². The van der Waals surface area contributed by atoms with Crippen LogP contribution >= 0.6 is 0 Å². The number of hydrogen-bond donors (Lipinski definition) is 0. The van der Waals surface area contributed by atoms with Gasteiger partial charge in [0.1, 0.15) is 5.75 Å². The Labute approximate surface area is 144 Å². The van der Waals surface area contributed by atoms with E-state index >= 15 is 0 Å². The molecule has 0 N–H and O–H groups in total. The Morgan fingerprint density at radius 3 is 2.28 bits per heavy atom. The summed E-state index contributed by atoms with van der Waals surface area (Å²) in [6, 6.07) is 16.1. The summed E-state index contributed by atoms with van der Waals surface area (Å²) in [5.41, 5.74) is 2.37. The molecule has 120 valence electrons. The molecule has 0 saturated heterocycles. The van der Waals surface area contributed by atoms with Gasteiger partial charge < -0.3 is 9.47 Å². The minimum absolute atomic E-state index is 0.389. The number of cyclic esters (lactones) is 2. The Kier molecular flexibility index (Phi) is 3.48. The van der Waals surface area contributed by atoms with Gasteiger partial charge in [0, 0.05) is 16.5 Å². The number of esters is 2. The van der Waals surface area contributed by atoms with E-state index in [1.807, 2.05) is 30.3 Å². The Bertz CT molecular complexity index is 1060. The Balaban J connectivity index is 1.85. The second kappa shape index (κ2) is 5.81. The van der Waals surface area contributed by atoms with E-state index < -0.39 is 11.9 Å². The van der Waals surface area contributed by atoms with E-state index in [1.54, 1.807) is 31.4 Å². The highest BCUT2D eigenvalue weighted by Crippen LogP contribution is 2.30. The zero-order chi connectivity index (χ0) is 17.4. The van der Waals surface area contributed by atoms with Crippen molar-refractivity contribution in [2.45, 2.75) is 0 Å². The summed E-state index contributed by atoms with van der Waals surface area (Å²) in [5, 5.41) is 1.37. The summed E-state index contributed by atoms with van der Waals surface area (Å²) in [7, 11) is 1.61. The standard InChI is InChI=1S/C21H12O4/c1-24-15-10-6-13(7-11-15)5-8-14-9-12-18-19-16(14)3-2-4-17(19)20(22)25-21(18)23/h2-4,6-7,9-12H,1H3. The SMILES string of the molecule is COc1ccc(C#Cc2ccc3c4c(cccc24)C(=O)OC3=O)cc1. The number of benzene rings is 3. The van der Waals surface area contributed by atoms with Gasteiger partial charge in [0.05, 0.1) is 18.2 Å². The van der Waals surface area contributed by atoms with Crippen molar-refractivity contribution in [1.82, 2.24) is 0 Å². The average molecular weight is 328 g/mol. The van der Waals surface area contributed by atoms with Crippen molar-refractivity contribution in [1.29, 1.82) is 0 Å². The molecular formula is C21H12O4. The van der Waals surface area contributed by atoms with E-state index in [9.17, 15) is 9.59 Å². The van der Waals surface area contributed by atoms with Gasteiger partial charge in [-0.25, -0.2) is 9.59 Å². The molecule has 0 saturated carbocycles. The molecule has 3 aromatic rings. The van der Waals surface area contributed by atoms with Gasteiger partial charge in [-0.05, 0) is 47.9 Å². The fourth-order valence-corrected chi connectivity index (χ4v) is 2.86. The Hall–Kier alpha value is -3.58. The van der Waals surface area contributed by atoms with Gasteiger partial charge in [-0.3, -0.25) is 0 Å². The summed E-state index contributed by atoms with van der Waals surface area (Å²) < 4.78 is 9.90. The van der Waals surface area contributed by atoms with E-state index in [4.69, 9.17) is 9.47 Å². The molecule has 0 radical (unpaired) electrons. The number of hydrogen-bond acceptors (Lipinski definition) is 4. The van der Waals surface area contributed by atoms with Crippen LogP contribution in [-0.2, 0) is 4.74 Å². The highest BCUT2D eigenvalue weighted by molar-refractivity contribution is 6.21. The number of carbonyl (C=O) groups is 2. The van der Waals surface area contributed by atoms with Crippen LogP contribution in [0.25, 0.3) is 10.8 Å². The zero-order valence-corrected chi connectivity index (χ0v) is 13.3. The van der Waals surface area contributed by atoms with Crippen molar-refractivity contribution in [3.05, 3.63) is 76.9 Å². The van der Waals surface area contributed by atoms with Gasteiger partial charge in [-0.2, -0.15) is 0 Å². The van der Waals surface area contributed by atoms with E-state index in [0.717, 1.165) is 22.3 Å². The number of rotatable bonds is 1. The molecule has 0 aromatic heterocycles. The topological polar surface area (TPSA) is 52.6 Å². The lowest BCUT2D eigenvalue weighted by molar-refractivity contribution is 0.0391. The summed E-state index contributed by atoms with van der Waals surface area (Å²) in [6.07, 6.45) is 0. The van der Waals surface area contributed by atoms with E-state index in [-0.39, 0.29) is 0 Å². The minimum atomic E-state index is -0.622. The third kappa shape index (κ3) is 2.52. The molecule has 1 heterocycles. The lowest BCUT2D eigenvalue weighted by Crippen LogP contribution is -2.19. The number of carbonyl (C=O) groups excluding carboxylic acids is 2. The zero-order valence-electron chi connectivity index (χ0n) is 13.3. The van der Waals surface area contributed by atoms with Crippen molar-refractivity contribution in [2.24, 2.45) is 0 Å². The third-order valence-electron chi connectivity index (χ3n) is 4.10. The number of ether oxygens (including phenoxy) is 2. The molecule has 0 unspecified atom stereocenters. The van der Waals surface area contributed by atoms with Crippen molar-refractivity contribution in [3.8, 4) is 17.6 Å². The van der Waals surface area contributed by atoms with Gasteiger partial charge in [0.2, 0.25) is 0 Å². The van der Waals surface area contributed by atoms with Crippen LogP contribution in [-0.4, -0.2) is 19.0 Å². The Morgan fingerprint density at radius 2 is 1.56 bits per heavy atom. The minimum Gasteiger partial charge on any atom is -0.497 e. The first-order chi connectivity index (χ1) is 12.2. The first kappa shape index (κ1) is 15.0. The molecule has 0 amide bonds. The van der Waals surface area contributed by atoms with E-state index in [1.165, 1.54) is 0 Å². The first-order valence-electron chi connectivity index (χ1n) is 7.65. The molecule has 0 aliphatic carbocycles. The maximum absolute atomic E-state index is 11.9.